The minimum Gasteiger partial charge on any atom is -0.477 e. The molecule has 1 aromatic heterocycles. The number of carboxylic acid groups (broad SMARTS) is 1. The number of benzene rings is 1. The van der Waals surface area contributed by atoms with Crippen molar-refractivity contribution in [1.82, 2.24) is 5.32 Å². The predicted octanol–water partition coefficient (Wildman–Crippen LogP) is 2.34. The molecule has 1 aromatic carbocycles. The standard InChI is InChI=1S/C15H18N2O3S/c16-13(18)7-3-4-8-17-9-11-10-5-1-2-6-12(10)21-14(11)15(19)20/h1-2,5-6,17H,3-4,7-9H2,(H2,16,18)(H,19,20). The summed E-state index contributed by atoms with van der Waals surface area (Å²) in [6.07, 6.45) is 1.98. The van der Waals surface area contributed by atoms with E-state index in [4.69, 9.17) is 5.73 Å². The third-order valence-corrected chi connectivity index (χ3v) is 4.42. The molecule has 112 valence electrons. The fourth-order valence-corrected chi connectivity index (χ4v) is 3.27. The maximum Gasteiger partial charge on any atom is 0.346 e. The Balaban J connectivity index is 1.99. The number of carbonyl (C=O) groups excluding carboxylic acids is 1. The fraction of sp³-hybridized carbons (Fsp3) is 0.333. The number of carboxylic acids is 1. The molecule has 0 atom stereocenters. The Kier molecular flexibility index (Phi) is 5.30. The van der Waals surface area contributed by atoms with E-state index in [1.54, 1.807) is 0 Å². The van der Waals surface area contributed by atoms with E-state index in [2.05, 4.69) is 5.32 Å². The van der Waals surface area contributed by atoms with Crippen molar-refractivity contribution in [3.8, 4) is 0 Å². The molecular weight excluding hydrogens is 288 g/mol. The molecule has 2 rings (SSSR count). The summed E-state index contributed by atoms with van der Waals surface area (Å²) < 4.78 is 0.987. The Bertz CT molecular complexity index is 651. The summed E-state index contributed by atoms with van der Waals surface area (Å²) >= 11 is 1.30. The third-order valence-electron chi connectivity index (χ3n) is 3.22. The minimum absolute atomic E-state index is 0.285. The molecule has 6 heteroatoms. The summed E-state index contributed by atoms with van der Waals surface area (Å²) in [6, 6.07) is 7.70. The number of thiophene rings is 1. The van der Waals surface area contributed by atoms with Crippen molar-refractivity contribution in [2.45, 2.75) is 25.8 Å². The van der Waals surface area contributed by atoms with Crippen LogP contribution in [0.3, 0.4) is 0 Å². The van der Waals surface area contributed by atoms with E-state index < -0.39 is 5.97 Å². The Morgan fingerprint density at radius 1 is 1.24 bits per heavy atom. The summed E-state index contributed by atoms with van der Waals surface area (Å²) in [5, 5.41) is 13.5. The van der Waals surface area contributed by atoms with E-state index >= 15 is 0 Å². The van der Waals surface area contributed by atoms with Gasteiger partial charge in [-0.2, -0.15) is 0 Å². The molecule has 2 aromatic rings. The first kappa shape index (κ1) is 15.5. The summed E-state index contributed by atoms with van der Waals surface area (Å²) in [7, 11) is 0. The van der Waals surface area contributed by atoms with Crippen LogP contribution >= 0.6 is 11.3 Å². The van der Waals surface area contributed by atoms with Crippen LogP contribution in [0.15, 0.2) is 24.3 Å². The van der Waals surface area contributed by atoms with E-state index in [1.165, 1.54) is 11.3 Å². The number of carbonyl (C=O) groups is 2. The molecule has 0 aliphatic heterocycles. The normalized spacial score (nSPS) is 10.9. The number of fused-ring (bicyclic) bond motifs is 1. The predicted molar refractivity (Wildman–Crippen MR) is 83.5 cm³/mol. The minimum atomic E-state index is -0.887. The Labute approximate surface area is 126 Å². The van der Waals surface area contributed by atoms with Crippen LogP contribution in [0.25, 0.3) is 10.1 Å². The van der Waals surface area contributed by atoms with Crippen molar-refractivity contribution in [2.24, 2.45) is 5.73 Å². The third kappa shape index (κ3) is 4.03. The van der Waals surface area contributed by atoms with E-state index in [-0.39, 0.29) is 5.91 Å². The lowest BCUT2D eigenvalue weighted by molar-refractivity contribution is -0.118. The van der Waals surface area contributed by atoms with E-state index in [0.717, 1.165) is 35.0 Å². The number of hydrogen-bond acceptors (Lipinski definition) is 4. The second-order valence-electron chi connectivity index (χ2n) is 4.81. The summed E-state index contributed by atoms with van der Waals surface area (Å²) in [6.45, 7) is 1.25. The van der Waals surface area contributed by atoms with Gasteiger partial charge in [0.1, 0.15) is 4.88 Å². The molecule has 0 bridgehead atoms. The van der Waals surface area contributed by atoms with Gasteiger partial charge in [-0.1, -0.05) is 18.2 Å². The average molecular weight is 306 g/mol. The Morgan fingerprint density at radius 2 is 2.00 bits per heavy atom. The van der Waals surface area contributed by atoms with Gasteiger partial charge in [-0.15, -0.1) is 11.3 Å². The average Bonchev–Trinajstić information content (AvgIpc) is 2.81. The highest BCUT2D eigenvalue weighted by atomic mass is 32.1. The van der Waals surface area contributed by atoms with Gasteiger partial charge in [0.15, 0.2) is 0 Å². The van der Waals surface area contributed by atoms with Crippen molar-refractivity contribution in [3.63, 3.8) is 0 Å². The molecule has 1 heterocycles. The molecule has 4 N–H and O–H groups in total. The van der Waals surface area contributed by atoms with Crippen LogP contribution in [0, 0.1) is 0 Å². The zero-order chi connectivity index (χ0) is 15.2. The maximum atomic E-state index is 11.3. The van der Waals surface area contributed by atoms with Gasteiger partial charge in [-0.05, 0) is 36.4 Å². The summed E-state index contributed by atoms with van der Waals surface area (Å²) in [4.78, 5) is 22.3. The lowest BCUT2D eigenvalue weighted by atomic mass is 10.1. The van der Waals surface area contributed by atoms with Gasteiger partial charge >= 0.3 is 5.97 Å². The first-order valence-corrected chi connectivity index (χ1v) is 7.64. The van der Waals surface area contributed by atoms with Crippen molar-refractivity contribution in [3.05, 3.63) is 34.7 Å². The number of amides is 1. The smallest absolute Gasteiger partial charge is 0.346 e. The number of primary amides is 1. The van der Waals surface area contributed by atoms with Gasteiger partial charge in [0.2, 0.25) is 5.91 Å². The van der Waals surface area contributed by atoms with Gasteiger partial charge in [-0.25, -0.2) is 4.79 Å². The van der Waals surface area contributed by atoms with Crippen LogP contribution in [0.5, 0.6) is 0 Å². The molecule has 1 amide bonds. The highest BCUT2D eigenvalue weighted by Crippen LogP contribution is 2.31. The van der Waals surface area contributed by atoms with Crippen LogP contribution in [-0.2, 0) is 11.3 Å². The maximum absolute atomic E-state index is 11.3. The van der Waals surface area contributed by atoms with Gasteiger partial charge in [0.25, 0.3) is 0 Å². The van der Waals surface area contributed by atoms with Crippen LogP contribution in [0.2, 0.25) is 0 Å². The van der Waals surface area contributed by atoms with Crippen molar-refractivity contribution < 1.29 is 14.7 Å². The second kappa shape index (κ2) is 7.19. The van der Waals surface area contributed by atoms with E-state index in [9.17, 15) is 14.7 Å². The SMILES string of the molecule is NC(=O)CCCCNCc1c(C(=O)O)sc2ccccc12. The monoisotopic (exact) mass is 306 g/mol. The summed E-state index contributed by atoms with van der Waals surface area (Å²) in [5.74, 6) is -1.17. The zero-order valence-electron chi connectivity index (χ0n) is 11.6. The van der Waals surface area contributed by atoms with Gasteiger partial charge in [0, 0.05) is 17.7 Å². The quantitative estimate of drug-likeness (QED) is 0.653. The summed E-state index contributed by atoms with van der Waals surface area (Å²) in [5.41, 5.74) is 5.91. The van der Waals surface area contributed by atoms with Gasteiger partial charge < -0.3 is 16.2 Å². The molecule has 0 unspecified atom stereocenters. The van der Waals surface area contributed by atoms with Crippen molar-refractivity contribution in [1.29, 1.82) is 0 Å². The number of hydrogen-bond donors (Lipinski definition) is 3. The Hall–Kier alpha value is -1.92. The Morgan fingerprint density at radius 3 is 2.71 bits per heavy atom. The number of aromatic carboxylic acids is 1. The van der Waals surface area contributed by atoms with E-state index in [0.29, 0.717) is 17.8 Å². The lowest BCUT2D eigenvalue weighted by Gasteiger charge is -2.05. The van der Waals surface area contributed by atoms with Gasteiger partial charge in [-0.3, -0.25) is 4.79 Å². The highest BCUT2D eigenvalue weighted by molar-refractivity contribution is 7.21. The first-order chi connectivity index (χ1) is 10.1. The number of nitrogens with two attached hydrogens (primary N) is 1. The number of unbranched alkanes of at least 4 members (excludes halogenated alkanes) is 1. The first-order valence-electron chi connectivity index (χ1n) is 6.82. The molecule has 0 aliphatic carbocycles. The largest absolute Gasteiger partial charge is 0.477 e. The van der Waals surface area contributed by atoms with Gasteiger partial charge in [0.05, 0.1) is 0 Å². The molecule has 0 spiro atoms. The molecule has 5 nitrogen and oxygen atoms in total. The van der Waals surface area contributed by atoms with E-state index in [1.807, 2.05) is 24.3 Å². The molecule has 0 fully saturated rings. The van der Waals surface area contributed by atoms with Crippen LogP contribution < -0.4 is 11.1 Å². The molecule has 0 radical (unpaired) electrons. The van der Waals surface area contributed by atoms with Crippen LogP contribution in [0.4, 0.5) is 0 Å². The van der Waals surface area contributed by atoms with Crippen LogP contribution in [-0.4, -0.2) is 23.5 Å². The molecule has 0 saturated carbocycles. The molecule has 0 saturated heterocycles. The molecule has 21 heavy (non-hydrogen) atoms. The lowest BCUT2D eigenvalue weighted by Crippen LogP contribution is -2.17. The van der Waals surface area contributed by atoms with Crippen LogP contribution in [0.1, 0.15) is 34.5 Å². The topological polar surface area (TPSA) is 92.4 Å². The fourth-order valence-electron chi connectivity index (χ4n) is 2.21. The zero-order valence-corrected chi connectivity index (χ0v) is 12.4. The number of rotatable bonds is 8. The van der Waals surface area contributed by atoms with Crippen molar-refractivity contribution in [2.75, 3.05) is 6.54 Å². The highest BCUT2D eigenvalue weighted by Gasteiger charge is 2.16. The number of nitrogens with one attached hydrogen (secondary N) is 1. The second-order valence-corrected chi connectivity index (χ2v) is 5.86. The molecule has 0 aliphatic rings. The molecular formula is C15H18N2O3S. The van der Waals surface area contributed by atoms with Crippen molar-refractivity contribution >= 4 is 33.3 Å².